The molecule has 36 valence electrons. The van der Waals surface area contributed by atoms with Crippen molar-refractivity contribution in [3.8, 4) is 0 Å². The zero-order chi connectivity index (χ0) is 4.12. The molecule has 6 heavy (non-hydrogen) atoms. The van der Waals surface area contributed by atoms with Gasteiger partial charge in [-0.15, -0.1) is 0 Å². The average molecular weight is 309 g/mol. The Kier molecular flexibility index (Phi) is 15.9. The van der Waals surface area contributed by atoms with Crippen LogP contribution in [0.1, 0.15) is 26.7 Å². The minimum Gasteiger partial charge on any atom is -0.329 e. The Bertz CT molecular complexity index is 11.4. The minimum absolute atomic E-state index is 0. The molecule has 0 nitrogen and oxygen atoms in total. The summed E-state index contributed by atoms with van der Waals surface area (Å²) in [5, 5.41) is 0. The Morgan fingerprint density at radius 3 is 1.50 bits per heavy atom. The van der Waals surface area contributed by atoms with Crippen LogP contribution in [0.2, 0.25) is 0 Å². The van der Waals surface area contributed by atoms with Crippen LogP contribution in [0.4, 0.5) is 0 Å². The van der Waals surface area contributed by atoms with E-state index in [0.29, 0.717) is 0 Å². The van der Waals surface area contributed by atoms with Crippen LogP contribution < -0.4 is 0 Å². The number of unbranched alkanes of at least 4 members (excludes halogenated alkanes) is 2. The molecule has 0 saturated heterocycles. The number of hydrogen-bond donors (Lipinski definition) is 0. The maximum Gasteiger partial charge on any atom is 0 e. The van der Waals surface area contributed by atoms with E-state index < -0.39 is 0 Å². The van der Waals surface area contributed by atoms with E-state index in [0.717, 1.165) is 0 Å². The van der Waals surface area contributed by atoms with Crippen molar-refractivity contribution in [2.24, 2.45) is 0 Å². The molecule has 0 aromatic carbocycles. The van der Waals surface area contributed by atoms with Gasteiger partial charge in [-0.05, 0) is 0 Å². The van der Waals surface area contributed by atoms with Crippen molar-refractivity contribution in [3.05, 3.63) is 6.42 Å². The van der Waals surface area contributed by atoms with Crippen LogP contribution in [0.25, 0.3) is 0 Å². The molecule has 0 aliphatic heterocycles. The van der Waals surface area contributed by atoms with Crippen LogP contribution in [-0.2, 0) is 0 Å². The van der Waals surface area contributed by atoms with Gasteiger partial charge in [0.15, 0.2) is 0 Å². The van der Waals surface area contributed by atoms with Crippen molar-refractivity contribution in [2.75, 3.05) is 0 Å². The van der Waals surface area contributed by atoms with Crippen LogP contribution in [0.15, 0.2) is 0 Å². The summed E-state index contributed by atoms with van der Waals surface area (Å²) in [6, 6.07) is 0. The molecule has 0 heterocycles. The quantitative estimate of drug-likeness (QED) is 0.685. The van der Waals surface area contributed by atoms with Crippen molar-refractivity contribution in [3.63, 3.8) is 0 Å². The van der Waals surface area contributed by atoms with Crippen LogP contribution in [0, 0.1) is 37.5 Å². The fourth-order valence-corrected chi connectivity index (χ4v) is 0.289. The Morgan fingerprint density at radius 2 is 1.50 bits per heavy atom. The van der Waals surface area contributed by atoms with E-state index in [2.05, 4.69) is 20.3 Å². The molecule has 0 N–H and O–H groups in total. The summed E-state index contributed by atoms with van der Waals surface area (Å²) in [6.45, 7) is 4.31. The van der Waals surface area contributed by atoms with Gasteiger partial charge in [-0.2, -0.15) is 12.8 Å². The molecule has 0 fully saturated rings. The zero-order valence-corrected chi connectivity index (χ0v) is 8.66. The van der Waals surface area contributed by atoms with E-state index in [4.69, 9.17) is 0 Å². The second kappa shape index (κ2) is 9.41. The summed E-state index contributed by atoms with van der Waals surface area (Å²) < 4.78 is 0. The van der Waals surface area contributed by atoms with Crippen molar-refractivity contribution in [1.82, 2.24) is 0 Å². The van der Waals surface area contributed by atoms with Crippen LogP contribution in [-0.4, -0.2) is 0 Å². The fraction of sp³-hybridized carbons (Fsp3) is 0.800. The third-order valence-electron chi connectivity index (χ3n) is 0.577. The monoisotopic (exact) mass is 309 g/mol. The van der Waals surface area contributed by atoms with E-state index in [1.807, 2.05) is 0 Å². The third-order valence-corrected chi connectivity index (χ3v) is 0.577. The summed E-state index contributed by atoms with van der Waals surface area (Å²) in [4.78, 5) is 0. The van der Waals surface area contributed by atoms with Crippen LogP contribution in [0.3, 0.4) is 0 Å². The SMILES string of the molecule is CC[CH-]CC.[U]. The van der Waals surface area contributed by atoms with E-state index in [-0.39, 0.29) is 31.1 Å². The van der Waals surface area contributed by atoms with Gasteiger partial charge in [-0.3, -0.25) is 0 Å². The first-order valence-corrected chi connectivity index (χ1v) is 2.23. The Hall–Kier alpha value is 1.05. The largest absolute Gasteiger partial charge is 0.329 e. The summed E-state index contributed by atoms with van der Waals surface area (Å²) in [5.74, 6) is 0. The number of hydrogen-bond acceptors (Lipinski definition) is 0. The van der Waals surface area contributed by atoms with E-state index in [1.165, 1.54) is 12.8 Å². The van der Waals surface area contributed by atoms with Gasteiger partial charge in [0.1, 0.15) is 0 Å². The molecule has 0 radical (unpaired) electrons. The van der Waals surface area contributed by atoms with E-state index in [9.17, 15) is 0 Å². The maximum absolute atomic E-state index is 2.25. The second-order valence-corrected chi connectivity index (χ2v) is 1.11. The van der Waals surface area contributed by atoms with E-state index >= 15 is 0 Å². The van der Waals surface area contributed by atoms with Crippen molar-refractivity contribution < 1.29 is 31.1 Å². The van der Waals surface area contributed by atoms with Gasteiger partial charge in [0, 0.05) is 31.1 Å². The van der Waals surface area contributed by atoms with Crippen LogP contribution in [0.5, 0.6) is 0 Å². The predicted octanol–water partition coefficient (Wildman–Crippen LogP) is 2.01. The van der Waals surface area contributed by atoms with Gasteiger partial charge in [0.05, 0.1) is 0 Å². The first kappa shape index (κ1) is 10.1. The van der Waals surface area contributed by atoms with Gasteiger partial charge in [-0.25, -0.2) is 0 Å². The standard InChI is InChI=1S/C5H11.U/c1-3-5-4-2;/h5H,3-4H2,1-2H3;/q-1;. The molecule has 0 rings (SSSR count). The molecule has 0 aromatic heterocycles. The van der Waals surface area contributed by atoms with Crippen molar-refractivity contribution >= 4 is 0 Å². The molecule has 0 atom stereocenters. The molecular weight excluding hydrogens is 298 g/mol. The molecule has 0 unspecified atom stereocenters. The first-order valence-electron chi connectivity index (χ1n) is 2.23. The summed E-state index contributed by atoms with van der Waals surface area (Å²) in [6.07, 6.45) is 4.69. The predicted molar refractivity (Wildman–Crippen MR) is 24.9 cm³/mol. The Balaban J connectivity index is 0. The average Bonchev–Trinajstić information content (AvgIpc) is 1.41. The molecule has 1 heteroatoms. The Labute approximate surface area is 64.1 Å². The molecule has 0 aliphatic rings. The fourth-order valence-electron chi connectivity index (χ4n) is 0.289. The second-order valence-electron chi connectivity index (χ2n) is 1.11. The third kappa shape index (κ3) is 8.90. The molecule has 0 amide bonds. The Morgan fingerprint density at radius 1 is 1.17 bits per heavy atom. The molecule has 0 bridgehead atoms. The molecule has 0 aromatic rings. The summed E-state index contributed by atoms with van der Waals surface area (Å²) in [7, 11) is 0. The summed E-state index contributed by atoms with van der Waals surface area (Å²) in [5.41, 5.74) is 0. The molecule has 0 aliphatic carbocycles. The van der Waals surface area contributed by atoms with Crippen molar-refractivity contribution in [2.45, 2.75) is 26.7 Å². The van der Waals surface area contributed by atoms with Gasteiger partial charge in [-0.1, -0.05) is 13.8 Å². The van der Waals surface area contributed by atoms with Gasteiger partial charge < -0.3 is 6.42 Å². The molecule has 0 spiro atoms. The first-order chi connectivity index (χ1) is 2.41. The van der Waals surface area contributed by atoms with Crippen LogP contribution >= 0.6 is 0 Å². The maximum atomic E-state index is 2.25. The number of rotatable bonds is 2. The van der Waals surface area contributed by atoms with Gasteiger partial charge >= 0.3 is 0 Å². The zero-order valence-electron chi connectivity index (χ0n) is 4.49. The van der Waals surface area contributed by atoms with E-state index in [1.54, 1.807) is 0 Å². The van der Waals surface area contributed by atoms with Gasteiger partial charge in [0.2, 0.25) is 0 Å². The topological polar surface area (TPSA) is 0 Å². The minimum atomic E-state index is 0. The molecular formula is C5H11U-. The molecule has 0 saturated carbocycles. The van der Waals surface area contributed by atoms with Gasteiger partial charge in [0.25, 0.3) is 0 Å². The normalized spacial score (nSPS) is 7.00. The van der Waals surface area contributed by atoms with Crippen molar-refractivity contribution in [1.29, 1.82) is 0 Å². The summed E-state index contributed by atoms with van der Waals surface area (Å²) >= 11 is 0. The smallest absolute Gasteiger partial charge is 0 e.